The Labute approximate surface area is 81.5 Å². The average molecular weight is 182 g/mol. The summed E-state index contributed by atoms with van der Waals surface area (Å²) in [7, 11) is 0. The van der Waals surface area contributed by atoms with Gasteiger partial charge in [-0.05, 0) is 37.0 Å². The molecule has 2 saturated carbocycles. The Kier molecular flexibility index (Phi) is 2.18. The van der Waals surface area contributed by atoms with E-state index in [0.717, 1.165) is 6.42 Å². The van der Waals surface area contributed by atoms with Gasteiger partial charge in [-0.15, -0.1) is 0 Å². The topological polar surface area (TPSA) is 20.2 Å². The van der Waals surface area contributed by atoms with E-state index >= 15 is 0 Å². The highest BCUT2D eigenvalue weighted by Gasteiger charge is 2.52. The van der Waals surface area contributed by atoms with Crippen molar-refractivity contribution in [1.82, 2.24) is 0 Å². The monoisotopic (exact) mass is 182 g/mol. The third kappa shape index (κ3) is 1.24. The Hall–Kier alpha value is -0.0400. The molecule has 0 aromatic heterocycles. The average Bonchev–Trinajstić information content (AvgIpc) is 2.09. The summed E-state index contributed by atoms with van der Waals surface area (Å²) >= 11 is 0. The first-order chi connectivity index (χ1) is 6.08. The fourth-order valence-corrected chi connectivity index (χ4v) is 3.65. The number of hydrogen-bond acceptors (Lipinski definition) is 1. The van der Waals surface area contributed by atoms with Crippen LogP contribution in [0.25, 0.3) is 0 Å². The van der Waals surface area contributed by atoms with Crippen molar-refractivity contribution in [2.24, 2.45) is 11.3 Å². The molecule has 0 bridgehead atoms. The zero-order valence-corrected chi connectivity index (χ0v) is 8.97. The summed E-state index contributed by atoms with van der Waals surface area (Å²) in [4.78, 5) is 0. The Balaban J connectivity index is 2.27. The Bertz CT molecular complexity index is 197. The SMILES string of the molecule is C[C@@H]1CCCC2(C)CCCCC12O. The smallest absolute Gasteiger partial charge is 0.0726 e. The van der Waals surface area contributed by atoms with E-state index < -0.39 is 0 Å². The number of hydrogen-bond donors (Lipinski definition) is 1. The van der Waals surface area contributed by atoms with Gasteiger partial charge < -0.3 is 5.11 Å². The van der Waals surface area contributed by atoms with Crippen LogP contribution in [0.4, 0.5) is 0 Å². The van der Waals surface area contributed by atoms with Gasteiger partial charge in [-0.2, -0.15) is 0 Å². The molecule has 2 unspecified atom stereocenters. The molecule has 0 aliphatic heterocycles. The second kappa shape index (κ2) is 2.98. The molecule has 1 nitrogen and oxygen atoms in total. The van der Waals surface area contributed by atoms with Crippen LogP contribution in [0.3, 0.4) is 0 Å². The molecular formula is C12H22O. The third-order valence-electron chi connectivity index (χ3n) is 4.76. The van der Waals surface area contributed by atoms with Gasteiger partial charge in [0.05, 0.1) is 5.60 Å². The van der Waals surface area contributed by atoms with Crippen molar-refractivity contribution in [3.05, 3.63) is 0 Å². The lowest BCUT2D eigenvalue weighted by Gasteiger charge is -2.55. The van der Waals surface area contributed by atoms with Crippen molar-refractivity contribution < 1.29 is 5.11 Å². The Morgan fingerprint density at radius 1 is 1.08 bits per heavy atom. The molecule has 2 aliphatic carbocycles. The summed E-state index contributed by atoms with van der Waals surface area (Å²) in [5.41, 5.74) is -0.0909. The molecule has 1 N–H and O–H groups in total. The van der Waals surface area contributed by atoms with Gasteiger partial charge >= 0.3 is 0 Å². The lowest BCUT2D eigenvalue weighted by Crippen LogP contribution is -2.55. The van der Waals surface area contributed by atoms with Crippen LogP contribution in [0.2, 0.25) is 0 Å². The lowest BCUT2D eigenvalue weighted by molar-refractivity contribution is -0.164. The highest BCUT2D eigenvalue weighted by atomic mass is 16.3. The van der Waals surface area contributed by atoms with Gasteiger partial charge in [0.25, 0.3) is 0 Å². The molecular weight excluding hydrogens is 160 g/mol. The molecule has 0 spiro atoms. The second-order valence-corrected chi connectivity index (χ2v) is 5.49. The standard InChI is InChI=1S/C12H22O/c1-10-6-5-8-11(2)7-3-4-9-12(10,11)13/h10,13H,3-9H2,1-2H3/t10-,11?,12?/m1/s1. The van der Waals surface area contributed by atoms with Crippen molar-refractivity contribution in [3.63, 3.8) is 0 Å². The van der Waals surface area contributed by atoms with Gasteiger partial charge in [0.1, 0.15) is 0 Å². The molecule has 1 heteroatoms. The first-order valence-corrected chi connectivity index (χ1v) is 5.81. The van der Waals surface area contributed by atoms with Gasteiger partial charge in [0.2, 0.25) is 0 Å². The quantitative estimate of drug-likeness (QED) is 0.610. The Morgan fingerprint density at radius 2 is 1.69 bits per heavy atom. The van der Waals surface area contributed by atoms with E-state index in [2.05, 4.69) is 13.8 Å². The van der Waals surface area contributed by atoms with Crippen LogP contribution in [-0.4, -0.2) is 10.7 Å². The summed E-state index contributed by atoms with van der Waals surface area (Å²) in [6.07, 6.45) is 8.64. The largest absolute Gasteiger partial charge is 0.389 e. The first-order valence-electron chi connectivity index (χ1n) is 5.81. The number of fused-ring (bicyclic) bond motifs is 1. The number of rotatable bonds is 0. The minimum Gasteiger partial charge on any atom is -0.389 e. The maximum absolute atomic E-state index is 10.7. The van der Waals surface area contributed by atoms with E-state index in [-0.39, 0.29) is 11.0 Å². The fourth-order valence-electron chi connectivity index (χ4n) is 3.65. The van der Waals surface area contributed by atoms with E-state index in [1.54, 1.807) is 0 Å². The maximum Gasteiger partial charge on any atom is 0.0726 e. The van der Waals surface area contributed by atoms with Crippen LogP contribution in [0.1, 0.15) is 58.8 Å². The highest BCUT2D eigenvalue weighted by Crippen LogP contribution is 2.55. The minimum atomic E-state index is -0.330. The predicted octanol–water partition coefficient (Wildman–Crippen LogP) is 3.12. The van der Waals surface area contributed by atoms with E-state index in [1.165, 1.54) is 38.5 Å². The first kappa shape index (κ1) is 9.51. The van der Waals surface area contributed by atoms with Crippen LogP contribution in [0.5, 0.6) is 0 Å². The molecule has 0 aromatic rings. The molecule has 0 amide bonds. The van der Waals surface area contributed by atoms with Gasteiger partial charge in [-0.1, -0.05) is 33.1 Å². The van der Waals surface area contributed by atoms with Gasteiger partial charge in [0.15, 0.2) is 0 Å². The zero-order valence-electron chi connectivity index (χ0n) is 8.97. The highest BCUT2D eigenvalue weighted by molar-refractivity contribution is 5.04. The van der Waals surface area contributed by atoms with Gasteiger partial charge in [-0.3, -0.25) is 0 Å². The van der Waals surface area contributed by atoms with Crippen molar-refractivity contribution in [1.29, 1.82) is 0 Å². The van der Waals surface area contributed by atoms with Crippen molar-refractivity contribution in [3.8, 4) is 0 Å². The summed E-state index contributed by atoms with van der Waals surface area (Å²) in [5.74, 6) is 0.520. The molecule has 76 valence electrons. The van der Waals surface area contributed by atoms with Crippen LogP contribution < -0.4 is 0 Å². The third-order valence-corrected chi connectivity index (χ3v) is 4.76. The molecule has 13 heavy (non-hydrogen) atoms. The molecule has 0 heterocycles. The van der Waals surface area contributed by atoms with E-state index in [9.17, 15) is 5.11 Å². The van der Waals surface area contributed by atoms with Gasteiger partial charge in [-0.25, -0.2) is 0 Å². The normalized spacial score (nSPS) is 51.5. The molecule has 3 atom stereocenters. The van der Waals surface area contributed by atoms with Crippen LogP contribution in [-0.2, 0) is 0 Å². The van der Waals surface area contributed by atoms with Crippen LogP contribution >= 0.6 is 0 Å². The second-order valence-electron chi connectivity index (χ2n) is 5.49. The summed E-state index contributed by atoms with van der Waals surface area (Å²) in [5, 5.41) is 10.7. The summed E-state index contributed by atoms with van der Waals surface area (Å²) in [6.45, 7) is 4.55. The predicted molar refractivity (Wildman–Crippen MR) is 54.5 cm³/mol. The Morgan fingerprint density at radius 3 is 2.38 bits per heavy atom. The molecule has 2 aliphatic rings. The van der Waals surface area contributed by atoms with Crippen molar-refractivity contribution in [2.45, 2.75) is 64.4 Å². The minimum absolute atomic E-state index is 0.239. The van der Waals surface area contributed by atoms with Crippen molar-refractivity contribution >= 4 is 0 Å². The fraction of sp³-hybridized carbons (Fsp3) is 1.00. The molecule has 2 rings (SSSR count). The van der Waals surface area contributed by atoms with Crippen molar-refractivity contribution in [2.75, 3.05) is 0 Å². The summed E-state index contributed by atoms with van der Waals surface area (Å²) < 4.78 is 0. The lowest BCUT2D eigenvalue weighted by atomic mass is 9.54. The van der Waals surface area contributed by atoms with E-state index in [1.807, 2.05) is 0 Å². The zero-order chi connectivity index (χ0) is 9.53. The molecule has 2 fully saturated rings. The maximum atomic E-state index is 10.7. The molecule has 0 radical (unpaired) electrons. The van der Waals surface area contributed by atoms with E-state index in [4.69, 9.17) is 0 Å². The van der Waals surface area contributed by atoms with E-state index in [0.29, 0.717) is 5.92 Å². The van der Waals surface area contributed by atoms with Crippen LogP contribution in [0.15, 0.2) is 0 Å². The molecule has 0 saturated heterocycles. The van der Waals surface area contributed by atoms with Crippen LogP contribution in [0, 0.1) is 11.3 Å². The van der Waals surface area contributed by atoms with Gasteiger partial charge in [0, 0.05) is 0 Å². The number of aliphatic hydroxyl groups is 1. The summed E-state index contributed by atoms with van der Waals surface area (Å²) in [6, 6.07) is 0. The molecule has 0 aromatic carbocycles.